The molecule has 0 bridgehead atoms. The fourth-order valence-electron chi connectivity index (χ4n) is 6.36. The lowest BCUT2D eigenvalue weighted by Gasteiger charge is -2.41. The topological polar surface area (TPSA) is 156 Å². The number of carbonyl (C=O) groups is 3. The molecule has 2 N–H and O–H groups in total. The maximum Gasteiger partial charge on any atom is 0.309 e. The highest BCUT2D eigenvalue weighted by Gasteiger charge is 2.43. The molecule has 0 radical (unpaired) electrons. The Morgan fingerprint density at radius 3 is 2.37 bits per heavy atom. The van der Waals surface area contributed by atoms with Crippen molar-refractivity contribution >= 4 is 40.1 Å². The van der Waals surface area contributed by atoms with Gasteiger partial charge in [0, 0.05) is 48.9 Å². The van der Waals surface area contributed by atoms with Crippen molar-refractivity contribution in [1.82, 2.24) is 19.5 Å². The van der Waals surface area contributed by atoms with E-state index in [-0.39, 0.29) is 36.5 Å². The molecule has 12 heteroatoms. The van der Waals surface area contributed by atoms with Crippen LogP contribution in [0, 0.1) is 17.8 Å². The average Bonchev–Trinajstić information content (AvgIpc) is 3.79. The van der Waals surface area contributed by atoms with Gasteiger partial charge in [0.2, 0.25) is 11.6 Å². The maximum atomic E-state index is 13.1. The Hall–Kier alpha value is -3.61. The molecule has 1 aromatic carbocycles. The highest BCUT2D eigenvalue weighted by molar-refractivity contribution is 7.76. The third-order valence-electron chi connectivity index (χ3n) is 9.28. The highest BCUT2D eigenvalue weighted by atomic mass is 32.2. The molecule has 1 atom stereocenters. The van der Waals surface area contributed by atoms with Crippen LogP contribution in [0.2, 0.25) is 0 Å². The van der Waals surface area contributed by atoms with Crippen molar-refractivity contribution in [2.75, 3.05) is 26.7 Å². The van der Waals surface area contributed by atoms with Crippen LogP contribution in [0.15, 0.2) is 34.7 Å². The summed E-state index contributed by atoms with van der Waals surface area (Å²) < 4.78 is 32.3. The molecule has 46 heavy (non-hydrogen) atoms. The minimum Gasteiger partial charge on any atom is -0.760 e. The summed E-state index contributed by atoms with van der Waals surface area (Å²) in [5.74, 6) is -0.601. The van der Waals surface area contributed by atoms with Gasteiger partial charge in [0.1, 0.15) is 5.76 Å². The smallest absolute Gasteiger partial charge is 0.309 e. The number of aromatic nitrogens is 1. The Morgan fingerprint density at radius 2 is 1.83 bits per heavy atom. The number of hydrogen-bond acceptors (Lipinski definition) is 7. The number of nitrogens with zero attached hydrogens (tertiary/aromatic N) is 3. The Labute approximate surface area is 272 Å². The van der Waals surface area contributed by atoms with Gasteiger partial charge in [-0.3, -0.25) is 18.6 Å². The van der Waals surface area contributed by atoms with Crippen LogP contribution in [0.25, 0.3) is 22.4 Å². The minimum absolute atomic E-state index is 0.000314. The first-order valence-electron chi connectivity index (χ1n) is 15.9. The van der Waals surface area contributed by atoms with Crippen LogP contribution in [0.1, 0.15) is 92.4 Å². The van der Waals surface area contributed by atoms with Gasteiger partial charge in [-0.1, -0.05) is 50.6 Å². The number of rotatable bonds is 11. The monoisotopic (exact) mass is 651 g/mol. The number of likely N-dealkylation sites (tertiary alicyclic amines) is 1. The second-order valence-electron chi connectivity index (χ2n) is 13.7. The second kappa shape index (κ2) is 13.2. The number of carbonyl (C=O) groups excluding carboxylic acids is 2. The maximum absolute atomic E-state index is 13.1. The largest absolute Gasteiger partial charge is 0.760 e. The van der Waals surface area contributed by atoms with E-state index in [1.54, 1.807) is 11.9 Å². The molecular weight excluding hydrogens is 608 g/mol. The Morgan fingerprint density at radius 1 is 1.17 bits per heavy atom. The van der Waals surface area contributed by atoms with E-state index in [1.807, 2.05) is 58.0 Å². The van der Waals surface area contributed by atoms with Crippen LogP contribution in [0.5, 0.6) is 0 Å². The SMILES string of the molecule is CNC(=O)c1c(-c2ccc(C)cc2)oc2nc(CN(CCCC3(C(=O)O)CCN(C(=O)C(C)(C)C)CC3)S(=O)[O-])c(C3CC3)cc12. The van der Waals surface area contributed by atoms with Crippen molar-refractivity contribution in [3.63, 3.8) is 0 Å². The molecule has 3 aromatic rings. The van der Waals surface area contributed by atoms with E-state index >= 15 is 0 Å². The molecular formula is C34H43N4O7S-. The molecule has 2 aliphatic rings. The van der Waals surface area contributed by atoms with E-state index in [2.05, 4.69) is 5.32 Å². The van der Waals surface area contributed by atoms with Gasteiger partial charge in [-0.05, 0) is 63.0 Å². The van der Waals surface area contributed by atoms with E-state index < -0.39 is 28.1 Å². The highest BCUT2D eigenvalue weighted by Crippen LogP contribution is 2.44. The number of benzene rings is 1. The van der Waals surface area contributed by atoms with Gasteiger partial charge in [0.25, 0.3) is 5.91 Å². The predicted octanol–water partition coefficient (Wildman–Crippen LogP) is 5.16. The van der Waals surface area contributed by atoms with Crippen molar-refractivity contribution in [3.8, 4) is 11.3 Å². The average molecular weight is 652 g/mol. The van der Waals surface area contributed by atoms with E-state index in [9.17, 15) is 28.3 Å². The molecule has 1 aliphatic heterocycles. The Bertz CT molecular complexity index is 1650. The quantitative estimate of drug-likeness (QED) is 0.270. The molecule has 2 aromatic heterocycles. The van der Waals surface area contributed by atoms with Crippen LogP contribution in [0.4, 0.5) is 0 Å². The molecule has 1 aliphatic carbocycles. The molecule has 5 rings (SSSR count). The fourth-order valence-corrected chi connectivity index (χ4v) is 6.86. The molecule has 2 amide bonds. The second-order valence-corrected chi connectivity index (χ2v) is 14.7. The number of hydrogen-bond donors (Lipinski definition) is 2. The zero-order chi connectivity index (χ0) is 33.4. The lowest BCUT2D eigenvalue weighted by Crippen LogP contribution is -2.49. The van der Waals surface area contributed by atoms with Gasteiger partial charge in [-0.2, -0.15) is 0 Å². The molecule has 1 unspecified atom stereocenters. The minimum atomic E-state index is -2.58. The van der Waals surface area contributed by atoms with Crippen molar-refractivity contribution in [1.29, 1.82) is 0 Å². The molecule has 11 nitrogen and oxygen atoms in total. The lowest BCUT2D eigenvalue weighted by atomic mass is 9.74. The molecule has 248 valence electrons. The Kier molecular flexibility index (Phi) is 9.72. The number of pyridine rings is 1. The number of aliphatic carboxylic acids is 1. The molecule has 0 spiro atoms. The van der Waals surface area contributed by atoms with Crippen LogP contribution in [-0.2, 0) is 27.4 Å². The van der Waals surface area contributed by atoms with Gasteiger partial charge >= 0.3 is 5.97 Å². The summed E-state index contributed by atoms with van der Waals surface area (Å²) in [7, 11) is 1.56. The number of amides is 2. The number of carboxylic acids is 1. The summed E-state index contributed by atoms with van der Waals surface area (Å²) in [4.78, 5) is 44.8. The normalized spacial score (nSPS) is 17.3. The summed E-state index contributed by atoms with van der Waals surface area (Å²) in [6.07, 6.45) is 3.16. The zero-order valence-corrected chi connectivity index (χ0v) is 28.0. The van der Waals surface area contributed by atoms with Crippen molar-refractivity contribution < 1.29 is 32.7 Å². The Balaban J connectivity index is 1.37. The number of fused-ring (bicyclic) bond motifs is 1. The van der Waals surface area contributed by atoms with Gasteiger partial charge < -0.3 is 24.3 Å². The number of carboxylic acid groups (broad SMARTS) is 1. The molecule has 1 saturated heterocycles. The number of piperidine rings is 1. The van der Waals surface area contributed by atoms with Crippen LogP contribution >= 0.6 is 0 Å². The van der Waals surface area contributed by atoms with Crippen LogP contribution in [-0.4, -0.2) is 72.5 Å². The molecule has 3 heterocycles. The zero-order valence-electron chi connectivity index (χ0n) is 27.2. The molecule has 2 fully saturated rings. The fraction of sp³-hybridized carbons (Fsp3) is 0.529. The van der Waals surface area contributed by atoms with E-state index in [0.29, 0.717) is 61.2 Å². The number of nitrogens with one attached hydrogen (secondary N) is 1. The summed E-state index contributed by atoms with van der Waals surface area (Å²) in [5, 5.41) is 13.5. The van der Waals surface area contributed by atoms with Gasteiger partial charge in [0.05, 0.1) is 28.6 Å². The van der Waals surface area contributed by atoms with E-state index in [1.165, 1.54) is 4.31 Å². The number of furan rings is 1. The summed E-state index contributed by atoms with van der Waals surface area (Å²) in [6, 6.07) is 9.57. The van der Waals surface area contributed by atoms with Crippen LogP contribution in [0.3, 0.4) is 0 Å². The van der Waals surface area contributed by atoms with Crippen LogP contribution < -0.4 is 5.32 Å². The summed E-state index contributed by atoms with van der Waals surface area (Å²) in [6.45, 7) is 8.37. The summed E-state index contributed by atoms with van der Waals surface area (Å²) >= 11 is -2.58. The van der Waals surface area contributed by atoms with Gasteiger partial charge in [0.15, 0.2) is 0 Å². The van der Waals surface area contributed by atoms with Crippen molar-refractivity contribution in [2.45, 2.75) is 78.7 Å². The van der Waals surface area contributed by atoms with Crippen molar-refractivity contribution in [2.24, 2.45) is 10.8 Å². The standard InChI is InChI=1S/C34H44N4O7S/c1-21-7-9-23(10-8-21)28-27(29(39)35-5)25-19-24(22-11-12-22)26(36-30(25)45-28)20-38(46(43)44)16-6-13-34(32(41)42)14-17-37(18-15-34)31(40)33(2,3)4/h7-10,19,22H,6,11-18,20H2,1-5H3,(H,35,39)(H,41,42)(H,43,44)/p-1. The van der Waals surface area contributed by atoms with E-state index in [0.717, 1.165) is 29.5 Å². The first-order valence-corrected chi connectivity index (χ1v) is 16.9. The third-order valence-corrected chi connectivity index (χ3v) is 10.0. The first-order chi connectivity index (χ1) is 21.7. The van der Waals surface area contributed by atoms with Gasteiger partial charge in [-0.15, -0.1) is 0 Å². The molecule has 1 saturated carbocycles. The third kappa shape index (κ3) is 7.03. The summed E-state index contributed by atoms with van der Waals surface area (Å²) in [5.41, 5.74) is 2.35. The van der Waals surface area contributed by atoms with Gasteiger partial charge in [-0.25, -0.2) is 9.29 Å². The number of aryl methyl sites for hydroxylation is 1. The first kappa shape index (κ1) is 33.7. The predicted molar refractivity (Wildman–Crippen MR) is 173 cm³/mol. The van der Waals surface area contributed by atoms with E-state index in [4.69, 9.17) is 9.40 Å². The lowest BCUT2D eigenvalue weighted by molar-refractivity contribution is -0.156. The van der Waals surface area contributed by atoms with Crippen molar-refractivity contribution in [3.05, 3.63) is 52.7 Å².